The van der Waals surface area contributed by atoms with Gasteiger partial charge in [-0.15, -0.1) is 0 Å². The summed E-state index contributed by atoms with van der Waals surface area (Å²) in [7, 11) is 2.11. The first-order valence-electron chi connectivity index (χ1n) is 7.94. The summed E-state index contributed by atoms with van der Waals surface area (Å²) < 4.78 is 0. The van der Waals surface area contributed by atoms with Crippen molar-refractivity contribution in [3.8, 4) is 0 Å². The van der Waals surface area contributed by atoms with Gasteiger partial charge < -0.3 is 5.32 Å². The summed E-state index contributed by atoms with van der Waals surface area (Å²) >= 11 is 0. The number of hydrogen-bond donors (Lipinski definition) is 1. The highest BCUT2D eigenvalue weighted by Gasteiger charge is 2.26. The molecular weight excluding hydrogens is 242 g/mol. The highest BCUT2D eigenvalue weighted by molar-refractivity contribution is 5.83. The summed E-state index contributed by atoms with van der Waals surface area (Å²) in [6.45, 7) is 2.39. The van der Waals surface area contributed by atoms with Crippen LogP contribution in [0.3, 0.4) is 0 Å². The van der Waals surface area contributed by atoms with E-state index < -0.39 is 0 Å². The van der Waals surface area contributed by atoms with Gasteiger partial charge in [-0.3, -0.25) is 0 Å². The molecule has 2 aromatic carbocycles. The third kappa shape index (κ3) is 2.73. The zero-order chi connectivity index (χ0) is 13.9. The Kier molecular flexibility index (Phi) is 4.07. The van der Waals surface area contributed by atoms with E-state index in [4.69, 9.17) is 0 Å². The predicted molar refractivity (Wildman–Crippen MR) is 86.9 cm³/mol. The number of fused-ring (bicyclic) bond motifs is 1. The molecule has 1 fully saturated rings. The van der Waals surface area contributed by atoms with Crippen LogP contribution in [-0.4, -0.2) is 7.05 Å². The molecule has 2 aromatic rings. The Balaban J connectivity index is 1.87. The van der Waals surface area contributed by atoms with Gasteiger partial charge in [-0.1, -0.05) is 56.2 Å². The summed E-state index contributed by atoms with van der Waals surface area (Å²) in [6.07, 6.45) is 5.49. The maximum absolute atomic E-state index is 3.57. The number of benzene rings is 2. The summed E-state index contributed by atoms with van der Waals surface area (Å²) in [5.41, 5.74) is 1.45. The molecule has 0 saturated heterocycles. The van der Waals surface area contributed by atoms with Crippen LogP contribution in [0.15, 0.2) is 42.5 Å². The lowest BCUT2D eigenvalue weighted by molar-refractivity contribution is 0.238. The maximum Gasteiger partial charge on any atom is 0.0346 e. The Hall–Kier alpha value is -1.34. The molecule has 1 nitrogen and oxygen atoms in total. The van der Waals surface area contributed by atoms with E-state index in [1.807, 2.05) is 0 Å². The van der Waals surface area contributed by atoms with Crippen molar-refractivity contribution in [3.63, 3.8) is 0 Å². The van der Waals surface area contributed by atoms with Crippen LogP contribution >= 0.6 is 0 Å². The van der Waals surface area contributed by atoms with Crippen molar-refractivity contribution >= 4 is 10.8 Å². The van der Waals surface area contributed by atoms with E-state index in [0.29, 0.717) is 6.04 Å². The van der Waals surface area contributed by atoms with Gasteiger partial charge in [0.15, 0.2) is 0 Å². The van der Waals surface area contributed by atoms with Gasteiger partial charge in [0.25, 0.3) is 0 Å². The minimum absolute atomic E-state index is 0.507. The Morgan fingerprint density at radius 1 is 0.950 bits per heavy atom. The summed E-state index contributed by atoms with van der Waals surface area (Å²) in [5.74, 6) is 1.71. The third-order valence-corrected chi connectivity index (χ3v) is 4.98. The first-order valence-corrected chi connectivity index (χ1v) is 7.94. The first kappa shape index (κ1) is 13.6. The van der Waals surface area contributed by atoms with Crippen LogP contribution in [0.5, 0.6) is 0 Å². The van der Waals surface area contributed by atoms with E-state index in [9.17, 15) is 0 Å². The van der Waals surface area contributed by atoms with E-state index in [2.05, 4.69) is 61.8 Å². The second-order valence-electron chi connectivity index (χ2n) is 6.39. The molecule has 0 bridgehead atoms. The molecule has 1 heteroatoms. The summed E-state index contributed by atoms with van der Waals surface area (Å²) in [4.78, 5) is 0. The van der Waals surface area contributed by atoms with Crippen molar-refractivity contribution in [2.75, 3.05) is 7.05 Å². The van der Waals surface area contributed by atoms with E-state index >= 15 is 0 Å². The van der Waals surface area contributed by atoms with Crippen molar-refractivity contribution in [1.29, 1.82) is 0 Å². The average molecular weight is 267 g/mol. The Labute approximate surface area is 122 Å². The van der Waals surface area contributed by atoms with E-state index in [1.165, 1.54) is 42.0 Å². The molecule has 1 aliphatic carbocycles. The van der Waals surface area contributed by atoms with Gasteiger partial charge >= 0.3 is 0 Å². The average Bonchev–Trinajstić information content (AvgIpc) is 2.50. The van der Waals surface area contributed by atoms with Crippen LogP contribution in [0.1, 0.15) is 44.2 Å². The van der Waals surface area contributed by atoms with E-state index in [0.717, 1.165) is 11.8 Å². The van der Waals surface area contributed by atoms with Crippen LogP contribution in [0.25, 0.3) is 10.8 Å². The number of hydrogen-bond acceptors (Lipinski definition) is 1. The molecular formula is C19H25N. The van der Waals surface area contributed by atoms with Crippen LogP contribution < -0.4 is 5.32 Å². The molecule has 3 rings (SSSR count). The molecule has 20 heavy (non-hydrogen) atoms. The minimum atomic E-state index is 0.507. The van der Waals surface area contributed by atoms with Gasteiger partial charge in [-0.25, -0.2) is 0 Å². The fourth-order valence-electron chi connectivity index (χ4n) is 3.69. The first-order chi connectivity index (χ1) is 9.78. The van der Waals surface area contributed by atoms with Crippen LogP contribution in [0, 0.1) is 11.8 Å². The molecule has 0 spiro atoms. The van der Waals surface area contributed by atoms with Gasteiger partial charge in [0.05, 0.1) is 0 Å². The van der Waals surface area contributed by atoms with Gasteiger partial charge in [0.2, 0.25) is 0 Å². The lowest BCUT2D eigenvalue weighted by atomic mass is 9.77. The van der Waals surface area contributed by atoms with E-state index in [1.54, 1.807) is 0 Å². The second-order valence-corrected chi connectivity index (χ2v) is 6.39. The van der Waals surface area contributed by atoms with Gasteiger partial charge in [0, 0.05) is 6.04 Å². The molecule has 1 aliphatic rings. The topological polar surface area (TPSA) is 12.0 Å². The number of rotatable bonds is 3. The molecule has 0 amide bonds. The van der Waals surface area contributed by atoms with Crippen LogP contribution in [0.4, 0.5) is 0 Å². The van der Waals surface area contributed by atoms with Gasteiger partial charge in [-0.05, 0) is 54.1 Å². The smallest absolute Gasteiger partial charge is 0.0346 e. The monoisotopic (exact) mass is 267 g/mol. The zero-order valence-corrected chi connectivity index (χ0v) is 12.6. The molecule has 1 saturated carbocycles. The molecule has 1 N–H and O–H groups in total. The zero-order valence-electron chi connectivity index (χ0n) is 12.6. The lowest BCUT2D eigenvalue weighted by Gasteiger charge is -2.33. The molecule has 0 heterocycles. The van der Waals surface area contributed by atoms with Gasteiger partial charge in [-0.2, -0.15) is 0 Å². The molecule has 1 unspecified atom stereocenters. The predicted octanol–water partition coefficient (Wildman–Crippen LogP) is 4.93. The molecule has 0 aromatic heterocycles. The van der Waals surface area contributed by atoms with Crippen molar-refractivity contribution < 1.29 is 0 Å². The second kappa shape index (κ2) is 5.97. The van der Waals surface area contributed by atoms with Crippen molar-refractivity contribution in [3.05, 3.63) is 48.0 Å². The number of nitrogens with one attached hydrogen (secondary N) is 1. The molecule has 0 aliphatic heterocycles. The van der Waals surface area contributed by atoms with Crippen molar-refractivity contribution in [2.24, 2.45) is 11.8 Å². The highest BCUT2D eigenvalue weighted by Crippen LogP contribution is 2.37. The van der Waals surface area contributed by atoms with Gasteiger partial charge in [0.1, 0.15) is 0 Å². The van der Waals surface area contributed by atoms with Crippen molar-refractivity contribution in [2.45, 2.75) is 38.6 Å². The molecule has 106 valence electrons. The minimum Gasteiger partial charge on any atom is -0.313 e. The third-order valence-electron chi connectivity index (χ3n) is 4.98. The Morgan fingerprint density at radius 2 is 1.65 bits per heavy atom. The lowest BCUT2D eigenvalue weighted by Crippen LogP contribution is -2.28. The maximum atomic E-state index is 3.57. The standard InChI is InChI=1S/C19H25N/c1-14-7-9-16(10-8-14)19(20-2)18-12-11-15-5-3-4-6-17(15)13-18/h3-6,11-14,16,19-20H,7-10H2,1-2H3. The highest BCUT2D eigenvalue weighted by atomic mass is 14.9. The van der Waals surface area contributed by atoms with Crippen molar-refractivity contribution in [1.82, 2.24) is 5.32 Å². The Bertz CT molecular complexity index is 567. The molecule has 1 atom stereocenters. The fraction of sp³-hybridized carbons (Fsp3) is 0.474. The summed E-state index contributed by atoms with van der Waals surface area (Å²) in [5, 5.41) is 6.26. The fourth-order valence-corrected chi connectivity index (χ4v) is 3.69. The summed E-state index contributed by atoms with van der Waals surface area (Å²) in [6, 6.07) is 16.1. The van der Waals surface area contributed by atoms with Crippen LogP contribution in [0.2, 0.25) is 0 Å². The Morgan fingerprint density at radius 3 is 2.35 bits per heavy atom. The normalized spacial score (nSPS) is 24.7. The quantitative estimate of drug-likeness (QED) is 0.831. The molecule has 0 radical (unpaired) electrons. The van der Waals surface area contributed by atoms with Crippen LogP contribution in [-0.2, 0) is 0 Å². The van der Waals surface area contributed by atoms with E-state index in [-0.39, 0.29) is 0 Å². The SMILES string of the molecule is CNC(c1ccc2ccccc2c1)C1CCC(C)CC1. The largest absolute Gasteiger partial charge is 0.313 e.